The number of nitro benzene ring substituents is 1. The van der Waals surface area contributed by atoms with E-state index in [4.69, 9.17) is 13.9 Å². The number of sulfonamides is 1. The third-order valence-corrected chi connectivity index (χ3v) is 21.7. The first-order valence-electron chi connectivity index (χ1n) is 23.9. The summed E-state index contributed by atoms with van der Waals surface area (Å²) in [7, 11) is -6.25. The molecular weight excluding hydrogens is 883 g/mol. The van der Waals surface area contributed by atoms with Crippen LogP contribution >= 0.6 is 0 Å². The van der Waals surface area contributed by atoms with Gasteiger partial charge in [0.2, 0.25) is 15.9 Å². The number of unbranched alkanes of at least 4 members (excludes halogenated alkanes) is 1. The van der Waals surface area contributed by atoms with Gasteiger partial charge < -0.3 is 18.8 Å². The minimum atomic E-state index is -4.45. The zero-order chi connectivity index (χ0) is 48.0. The highest BCUT2D eigenvalue weighted by Crippen LogP contribution is 2.68. The Bertz CT molecular complexity index is 2430. The molecule has 3 fully saturated rings. The molecule has 3 heterocycles. The minimum Gasteiger partial charge on any atom is -0.469 e. The topological polar surface area (TPSA) is 149 Å². The van der Waals surface area contributed by atoms with Gasteiger partial charge in [-0.3, -0.25) is 19.7 Å². The molecule has 0 unspecified atom stereocenters. The molecule has 12 nitrogen and oxygen atoms in total. The monoisotopic (exact) mass is 949 g/mol. The number of amides is 1. The molecule has 0 N–H and O–H groups in total. The summed E-state index contributed by atoms with van der Waals surface area (Å²) in [5, 5.41) is 14.1. The highest BCUT2D eigenvalue weighted by atomic mass is 32.2. The van der Waals surface area contributed by atoms with Crippen LogP contribution in [0.5, 0.6) is 0 Å². The Hall–Kier alpha value is -4.91. The number of nitro groups is 1. The zero-order valence-corrected chi connectivity index (χ0v) is 41.5. The van der Waals surface area contributed by atoms with Crippen LogP contribution in [0, 0.1) is 39.2 Å². The fourth-order valence-electron chi connectivity index (χ4n) is 11.9. The summed E-state index contributed by atoms with van der Waals surface area (Å²) in [5.74, 6) is 4.99. The molecule has 14 heteroatoms. The largest absolute Gasteiger partial charge is 0.469 e. The maximum Gasteiger partial charge on any atom is 0.314 e. The van der Waals surface area contributed by atoms with Crippen LogP contribution in [0.3, 0.4) is 0 Å². The van der Waals surface area contributed by atoms with Crippen LogP contribution in [-0.2, 0) is 33.5 Å². The lowest BCUT2D eigenvalue weighted by molar-refractivity contribution is -0.387. The smallest absolute Gasteiger partial charge is 0.314 e. The van der Waals surface area contributed by atoms with Crippen molar-refractivity contribution in [3.8, 4) is 11.8 Å². The van der Waals surface area contributed by atoms with Gasteiger partial charge in [0.15, 0.2) is 4.90 Å². The Kier molecular flexibility index (Phi) is 15.5. The molecule has 2 bridgehead atoms. The van der Waals surface area contributed by atoms with E-state index in [0.717, 1.165) is 10.4 Å². The standard InChI is InChI=1S/C53H67N3O9SSi/c1-7-9-17-33-47(57)55-40(26-10-8-2)38-52(50(58)63-6)44-34-37-54(66(61,62)46-32-23-22-31-45(46)56(59)60)36-25-14-12-11-13-24-35-53(49(52)55)48(65-53)43(44)39-64-67(51(3,4)5,41-27-18-15-19-28-41)42-29-20-16-21-30-42/h7,10,15-16,18-23,26-32,40,43-44,48-49H,1,8-9,12,14,17,24-25,33-39H2,2-6H3/b26-10+/t40-,43+,44-,48-,49+,52-,53-/m0/s1. The molecule has 3 aromatic carbocycles. The number of para-hydroxylation sites is 1. The fourth-order valence-corrected chi connectivity index (χ4v) is 18.1. The third kappa shape index (κ3) is 9.34. The first-order valence-corrected chi connectivity index (χ1v) is 27.3. The highest BCUT2D eigenvalue weighted by Gasteiger charge is 2.81. The summed E-state index contributed by atoms with van der Waals surface area (Å²) in [6.45, 7) is 12.7. The second-order valence-corrected chi connectivity index (χ2v) is 25.7. The number of ether oxygens (including phenoxy) is 2. The third-order valence-electron chi connectivity index (χ3n) is 14.7. The van der Waals surface area contributed by atoms with Crippen LogP contribution in [0.4, 0.5) is 5.69 Å². The van der Waals surface area contributed by atoms with Crippen molar-refractivity contribution in [2.24, 2.45) is 17.3 Å². The second kappa shape index (κ2) is 20.8. The van der Waals surface area contributed by atoms with Crippen LogP contribution in [-0.4, -0.2) is 93.3 Å². The Labute approximate surface area is 398 Å². The number of rotatable bonds is 15. The summed E-state index contributed by atoms with van der Waals surface area (Å²) in [6, 6.07) is 24.9. The minimum absolute atomic E-state index is 0.0611. The predicted octanol–water partition coefficient (Wildman–Crippen LogP) is 8.35. The summed E-state index contributed by atoms with van der Waals surface area (Å²) < 4.78 is 52.0. The molecule has 67 heavy (non-hydrogen) atoms. The summed E-state index contributed by atoms with van der Waals surface area (Å²) in [5.41, 5.74) is -2.87. The van der Waals surface area contributed by atoms with Crippen LogP contribution in [0.25, 0.3) is 0 Å². The Balaban J connectivity index is 1.45. The van der Waals surface area contributed by atoms with E-state index in [0.29, 0.717) is 51.4 Å². The molecule has 1 amide bonds. The Morgan fingerprint density at radius 1 is 0.985 bits per heavy atom. The van der Waals surface area contributed by atoms with E-state index in [1.165, 1.54) is 35.7 Å². The van der Waals surface area contributed by atoms with Crippen molar-refractivity contribution in [3.63, 3.8) is 0 Å². The van der Waals surface area contributed by atoms with Gasteiger partial charge in [-0.2, -0.15) is 4.31 Å². The van der Waals surface area contributed by atoms with Crippen LogP contribution in [0.1, 0.15) is 98.3 Å². The van der Waals surface area contributed by atoms with Gasteiger partial charge in [-0.05, 0) is 78.8 Å². The number of allylic oxidation sites excluding steroid dienone is 2. The molecule has 3 aliphatic heterocycles. The molecule has 0 radical (unpaired) electrons. The second-order valence-electron chi connectivity index (χ2n) is 19.5. The average Bonchev–Trinajstić information content (AvgIpc) is 3.94. The van der Waals surface area contributed by atoms with Crippen molar-refractivity contribution in [1.82, 2.24) is 9.21 Å². The number of benzene rings is 3. The maximum absolute atomic E-state index is 15.4. The lowest BCUT2D eigenvalue weighted by Crippen LogP contribution is -2.68. The van der Waals surface area contributed by atoms with Crippen molar-refractivity contribution < 1.29 is 36.8 Å². The zero-order valence-electron chi connectivity index (χ0n) is 39.7. The molecule has 2 saturated heterocycles. The van der Waals surface area contributed by atoms with Gasteiger partial charge in [-0.1, -0.05) is 119 Å². The van der Waals surface area contributed by atoms with Gasteiger partial charge >= 0.3 is 5.97 Å². The molecule has 0 aromatic heterocycles. The maximum atomic E-state index is 15.4. The van der Waals surface area contributed by atoms with Crippen molar-refractivity contribution in [1.29, 1.82) is 0 Å². The van der Waals surface area contributed by atoms with Crippen LogP contribution in [0.15, 0.2) is 115 Å². The Morgan fingerprint density at radius 3 is 2.27 bits per heavy atom. The molecule has 4 aliphatic rings. The van der Waals surface area contributed by atoms with Gasteiger partial charge in [-0.25, -0.2) is 8.42 Å². The van der Waals surface area contributed by atoms with E-state index >= 15 is 4.79 Å². The molecule has 358 valence electrons. The number of hydrogen-bond acceptors (Lipinski definition) is 9. The summed E-state index contributed by atoms with van der Waals surface area (Å²) in [4.78, 5) is 43.5. The number of methoxy groups -OCH3 is 1. The van der Waals surface area contributed by atoms with E-state index in [1.807, 2.05) is 60.4 Å². The molecule has 1 spiro atoms. The number of hydrogen-bond donors (Lipinski definition) is 0. The summed E-state index contributed by atoms with van der Waals surface area (Å²) in [6.07, 6.45) is 10.5. The van der Waals surface area contributed by atoms with E-state index in [1.54, 1.807) is 6.08 Å². The normalized spacial score (nSPS) is 26.9. The molecule has 1 saturated carbocycles. The number of carbonyl (C=O) groups excluding carboxylic acids is 2. The molecule has 1 aliphatic carbocycles. The van der Waals surface area contributed by atoms with Gasteiger partial charge in [-0.15, -0.1) is 18.4 Å². The van der Waals surface area contributed by atoms with Gasteiger partial charge in [0.1, 0.15) is 5.60 Å². The number of nitrogens with zero attached hydrogens (tertiary/aromatic N) is 3. The van der Waals surface area contributed by atoms with Gasteiger partial charge in [0, 0.05) is 50.9 Å². The molecular formula is C53H67N3O9SSi. The van der Waals surface area contributed by atoms with Gasteiger partial charge in [0.25, 0.3) is 14.0 Å². The first kappa shape index (κ1) is 50.0. The molecule has 7 atom stereocenters. The molecule has 7 rings (SSSR count). The van der Waals surface area contributed by atoms with Crippen molar-refractivity contribution in [3.05, 3.63) is 120 Å². The lowest BCUT2D eigenvalue weighted by Gasteiger charge is -2.51. The number of likely N-dealkylation sites (tertiary alicyclic amines) is 1. The summed E-state index contributed by atoms with van der Waals surface area (Å²) >= 11 is 0. The number of epoxide rings is 1. The van der Waals surface area contributed by atoms with Crippen molar-refractivity contribution in [2.75, 3.05) is 26.8 Å². The Morgan fingerprint density at radius 2 is 1.64 bits per heavy atom. The fraction of sp³-hybridized carbons (Fsp3) is 0.509. The van der Waals surface area contributed by atoms with E-state index in [-0.39, 0.29) is 54.8 Å². The SMILES string of the molecule is C=CCCCC(=O)N1[C@@H](/C=C/CC)C[C@]2(C(=O)OC)[C@H]3CCN(S(=O)(=O)c4ccccc4[N+](=O)[O-])CCCCC#CCC[C@@]4(O[C@H]4[C@@H]3CO[Si](c3ccccc3)(c3ccccc3)C(C)(C)C)[C@H]12. The quantitative estimate of drug-likeness (QED) is 0.0214. The predicted molar refractivity (Wildman–Crippen MR) is 262 cm³/mol. The first-order chi connectivity index (χ1) is 32.2. The lowest BCUT2D eigenvalue weighted by atomic mass is 9.54. The highest BCUT2D eigenvalue weighted by molar-refractivity contribution is 7.89. The van der Waals surface area contributed by atoms with Crippen molar-refractivity contribution >= 4 is 46.3 Å². The van der Waals surface area contributed by atoms with E-state index < -0.39 is 76.0 Å². The van der Waals surface area contributed by atoms with Gasteiger partial charge in [0.05, 0.1) is 35.6 Å². The van der Waals surface area contributed by atoms with Crippen molar-refractivity contribution in [2.45, 2.75) is 132 Å². The average molecular weight is 950 g/mol. The van der Waals surface area contributed by atoms with E-state index in [9.17, 15) is 23.3 Å². The van der Waals surface area contributed by atoms with E-state index in [2.05, 4.69) is 63.5 Å². The number of carbonyl (C=O) groups is 2. The molecule has 3 aromatic rings. The van der Waals surface area contributed by atoms with Crippen LogP contribution < -0.4 is 10.4 Å². The van der Waals surface area contributed by atoms with Crippen LogP contribution in [0.2, 0.25) is 5.04 Å². The number of esters is 1.